The number of nitrogens with zero attached hydrogens (tertiary/aromatic N) is 1. The van der Waals surface area contributed by atoms with Crippen LogP contribution in [-0.2, 0) is 28.6 Å². The predicted octanol–water partition coefficient (Wildman–Crippen LogP) is 8.68. The van der Waals surface area contributed by atoms with Crippen LogP contribution in [0.4, 0.5) is 0 Å². The van der Waals surface area contributed by atoms with Gasteiger partial charge in [-0.15, -0.1) is 0 Å². The van der Waals surface area contributed by atoms with Crippen molar-refractivity contribution in [3.05, 3.63) is 72.9 Å². The second kappa shape index (κ2) is 33.9. The van der Waals surface area contributed by atoms with Gasteiger partial charge >= 0.3 is 11.9 Å². The Labute approximate surface area is 311 Å². The molecule has 0 bridgehead atoms. The van der Waals surface area contributed by atoms with E-state index in [0.29, 0.717) is 12.8 Å². The van der Waals surface area contributed by atoms with Crippen LogP contribution >= 0.6 is 0 Å². The summed E-state index contributed by atoms with van der Waals surface area (Å²) in [6.45, 7) is 4.37. The van der Waals surface area contributed by atoms with E-state index in [1.807, 2.05) is 6.08 Å². The number of allylic oxidation sites excluding steroid dienone is 11. The smallest absolute Gasteiger partial charge is 0.310 e. The summed E-state index contributed by atoms with van der Waals surface area (Å²) in [5.41, 5.74) is 0. The van der Waals surface area contributed by atoms with E-state index in [0.717, 1.165) is 57.8 Å². The number of hydrogen-bond acceptors (Lipinski definition) is 7. The van der Waals surface area contributed by atoms with Crippen molar-refractivity contribution >= 4 is 17.9 Å². The first kappa shape index (κ1) is 47.8. The molecule has 0 aromatic carbocycles. The number of ether oxygens (including phenoxy) is 3. The maximum Gasteiger partial charge on any atom is 0.310 e. The molecule has 0 saturated heterocycles. The molecule has 0 amide bonds. The monoisotopic (exact) mass is 714 g/mol. The number of quaternary nitrogens is 1. The Morgan fingerprint density at radius 2 is 1.16 bits per heavy atom. The van der Waals surface area contributed by atoms with E-state index in [2.05, 4.69) is 74.6 Å². The van der Waals surface area contributed by atoms with Crippen molar-refractivity contribution in [3.8, 4) is 0 Å². The number of esters is 2. The standard InChI is InChI=1S/C43H71NO7/c1-6-8-10-12-14-16-18-20-21-22-24-26-28-30-32-34-42(46)51-39(37-49-36-35-40(43(47)48)44(3,4)5)38-50-41(45)33-31-29-27-25-23-19-17-15-13-11-9-7-2/h8,10,14-17,20-21,24,26,30,32,39-40H,6-7,9,11-13,18-19,22-23,25,27-29,31,33-38H2,1-5H3/b10-8-,16-14-,17-15-,21-20-,26-24-,32-30-. The lowest BCUT2D eigenvalue weighted by Crippen LogP contribution is -2.55. The minimum atomic E-state index is -1.14. The Morgan fingerprint density at radius 1 is 0.627 bits per heavy atom. The van der Waals surface area contributed by atoms with Crippen LogP contribution in [-0.4, -0.2) is 75.5 Å². The molecule has 0 aromatic heterocycles. The third kappa shape index (κ3) is 32.4. The van der Waals surface area contributed by atoms with E-state index in [-0.39, 0.29) is 43.1 Å². The summed E-state index contributed by atoms with van der Waals surface area (Å²) in [6.07, 6.45) is 41.0. The highest BCUT2D eigenvalue weighted by Crippen LogP contribution is 2.11. The molecule has 0 aliphatic carbocycles. The van der Waals surface area contributed by atoms with Gasteiger partial charge in [-0.2, -0.15) is 0 Å². The summed E-state index contributed by atoms with van der Waals surface area (Å²) in [5, 5.41) is 11.6. The Morgan fingerprint density at radius 3 is 1.71 bits per heavy atom. The molecule has 2 unspecified atom stereocenters. The van der Waals surface area contributed by atoms with Gasteiger partial charge in [0.05, 0.1) is 46.7 Å². The summed E-state index contributed by atoms with van der Waals surface area (Å²) in [6, 6.07) is -0.744. The number of rotatable bonds is 33. The van der Waals surface area contributed by atoms with E-state index in [9.17, 15) is 19.5 Å². The first-order valence-electron chi connectivity index (χ1n) is 19.5. The predicted molar refractivity (Wildman–Crippen MR) is 208 cm³/mol. The largest absolute Gasteiger partial charge is 0.544 e. The molecule has 0 rings (SSSR count). The van der Waals surface area contributed by atoms with Gasteiger partial charge in [0.1, 0.15) is 12.6 Å². The molecule has 0 heterocycles. The minimum Gasteiger partial charge on any atom is -0.544 e. The Hall–Kier alpha value is -3.23. The fourth-order valence-electron chi connectivity index (χ4n) is 5.08. The lowest BCUT2D eigenvalue weighted by Gasteiger charge is -2.34. The average Bonchev–Trinajstić information content (AvgIpc) is 3.08. The third-order valence-corrected chi connectivity index (χ3v) is 8.11. The van der Waals surface area contributed by atoms with Crippen LogP contribution in [0.2, 0.25) is 0 Å². The summed E-state index contributed by atoms with van der Waals surface area (Å²) < 4.78 is 16.9. The molecular weight excluding hydrogens is 642 g/mol. The fraction of sp³-hybridized carbons (Fsp3) is 0.651. The van der Waals surface area contributed by atoms with Crippen LogP contribution in [0.5, 0.6) is 0 Å². The molecular formula is C43H71NO7. The van der Waals surface area contributed by atoms with Crippen molar-refractivity contribution in [1.82, 2.24) is 0 Å². The fourth-order valence-corrected chi connectivity index (χ4v) is 5.08. The molecule has 0 radical (unpaired) electrons. The third-order valence-electron chi connectivity index (χ3n) is 8.11. The van der Waals surface area contributed by atoms with Crippen molar-refractivity contribution in [2.45, 2.75) is 142 Å². The maximum atomic E-state index is 12.6. The van der Waals surface area contributed by atoms with Crippen molar-refractivity contribution < 1.29 is 38.2 Å². The number of likely N-dealkylation sites (N-methyl/N-ethyl adjacent to an activating group) is 1. The highest BCUT2D eigenvalue weighted by molar-refractivity contribution is 5.71. The van der Waals surface area contributed by atoms with Crippen LogP contribution in [0.15, 0.2) is 72.9 Å². The van der Waals surface area contributed by atoms with Gasteiger partial charge in [0, 0.05) is 12.8 Å². The molecule has 51 heavy (non-hydrogen) atoms. The van der Waals surface area contributed by atoms with Crippen LogP contribution in [0.1, 0.15) is 129 Å². The van der Waals surface area contributed by atoms with Gasteiger partial charge in [-0.1, -0.05) is 119 Å². The van der Waals surface area contributed by atoms with E-state index in [1.165, 1.54) is 32.1 Å². The Kier molecular flexibility index (Phi) is 31.7. The first-order chi connectivity index (χ1) is 24.6. The normalized spacial score (nSPS) is 13.8. The zero-order chi connectivity index (χ0) is 37.8. The quantitative estimate of drug-likeness (QED) is 0.0290. The zero-order valence-electron chi connectivity index (χ0n) is 32.7. The van der Waals surface area contributed by atoms with Gasteiger partial charge in [-0.3, -0.25) is 9.59 Å². The van der Waals surface area contributed by atoms with Crippen molar-refractivity contribution in [3.63, 3.8) is 0 Å². The molecule has 8 heteroatoms. The first-order valence-corrected chi connectivity index (χ1v) is 19.5. The van der Waals surface area contributed by atoms with Crippen molar-refractivity contribution in [1.29, 1.82) is 0 Å². The van der Waals surface area contributed by atoms with Gasteiger partial charge in [-0.05, 0) is 64.2 Å². The van der Waals surface area contributed by atoms with Gasteiger partial charge < -0.3 is 28.6 Å². The molecule has 0 N–H and O–H groups in total. The van der Waals surface area contributed by atoms with Crippen LogP contribution in [0.25, 0.3) is 0 Å². The van der Waals surface area contributed by atoms with Crippen LogP contribution in [0.3, 0.4) is 0 Å². The van der Waals surface area contributed by atoms with Gasteiger partial charge in [0.15, 0.2) is 6.10 Å². The topological polar surface area (TPSA) is 102 Å². The molecule has 290 valence electrons. The zero-order valence-corrected chi connectivity index (χ0v) is 32.7. The Bertz CT molecular complexity index is 1060. The van der Waals surface area contributed by atoms with Gasteiger partial charge in [-0.25, -0.2) is 0 Å². The van der Waals surface area contributed by atoms with E-state index >= 15 is 0 Å². The molecule has 8 nitrogen and oxygen atoms in total. The number of hydrogen-bond donors (Lipinski definition) is 0. The number of unbranched alkanes of at least 4 members (excludes halogenated alkanes) is 8. The number of carbonyl (C=O) groups excluding carboxylic acids is 3. The molecule has 0 aliphatic rings. The van der Waals surface area contributed by atoms with E-state index in [4.69, 9.17) is 14.2 Å². The summed E-state index contributed by atoms with van der Waals surface area (Å²) >= 11 is 0. The summed E-state index contributed by atoms with van der Waals surface area (Å²) in [5.74, 6) is -1.92. The maximum absolute atomic E-state index is 12.6. The average molecular weight is 714 g/mol. The summed E-state index contributed by atoms with van der Waals surface area (Å²) in [4.78, 5) is 36.6. The van der Waals surface area contributed by atoms with Gasteiger partial charge in [0.25, 0.3) is 0 Å². The number of carboxylic acids is 1. The Balaban J connectivity index is 4.60. The summed E-state index contributed by atoms with van der Waals surface area (Å²) in [7, 11) is 5.35. The molecule has 0 spiro atoms. The lowest BCUT2D eigenvalue weighted by atomic mass is 10.1. The second-order valence-corrected chi connectivity index (χ2v) is 13.8. The van der Waals surface area contributed by atoms with E-state index < -0.39 is 24.1 Å². The number of aliphatic carboxylic acids is 1. The molecule has 0 saturated carbocycles. The molecule has 2 atom stereocenters. The van der Waals surface area contributed by atoms with Crippen molar-refractivity contribution in [2.75, 3.05) is 41.0 Å². The lowest BCUT2D eigenvalue weighted by molar-refractivity contribution is -0.889. The number of carbonyl (C=O) groups is 3. The van der Waals surface area contributed by atoms with Crippen molar-refractivity contribution in [2.24, 2.45) is 0 Å². The van der Waals surface area contributed by atoms with Crippen LogP contribution < -0.4 is 5.11 Å². The number of carboxylic acid groups (broad SMARTS) is 1. The van der Waals surface area contributed by atoms with Crippen LogP contribution in [0, 0.1) is 0 Å². The molecule has 0 fully saturated rings. The van der Waals surface area contributed by atoms with Gasteiger partial charge in [0.2, 0.25) is 0 Å². The SMILES string of the molecule is CC/C=C\C/C=C\C/C=C\C/C=C\C/C=C\CC(=O)OC(COCCC(C(=O)[O-])[N+](C)(C)C)COC(=O)CCCCCCC/C=C\CCCCC. The second-order valence-electron chi connectivity index (χ2n) is 13.8. The molecule has 0 aromatic rings. The minimum absolute atomic E-state index is 0.00531. The highest BCUT2D eigenvalue weighted by atomic mass is 16.6. The van der Waals surface area contributed by atoms with E-state index in [1.54, 1.807) is 27.2 Å². The molecule has 0 aliphatic heterocycles. The highest BCUT2D eigenvalue weighted by Gasteiger charge is 2.25.